The Morgan fingerprint density at radius 1 is 1.45 bits per heavy atom. The zero-order valence-corrected chi connectivity index (χ0v) is 11.5. The Morgan fingerprint density at radius 2 is 2.15 bits per heavy atom. The van der Waals surface area contributed by atoms with E-state index >= 15 is 0 Å². The number of para-hydroxylation sites is 2. The first-order chi connectivity index (χ1) is 9.49. The van der Waals surface area contributed by atoms with Gasteiger partial charge in [0.15, 0.2) is 5.69 Å². The van der Waals surface area contributed by atoms with Crippen LogP contribution < -0.4 is 5.73 Å². The van der Waals surface area contributed by atoms with Crippen molar-refractivity contribution in [1.29, 1.82) is 0 Å². The molecule has 106 valence electrons. The molecule has 0 fully saturated rings. The molecule has 1 unspecified atom stereocenters. The lowest BCUT2D eigenvalue weighted by Gasteiger charge is -2.17. The van der Waals surface area contributed by atoms with Crippen molar-refractivity contribution < 1.29 is 9.90 Å². The topological polar surface area (TPSA) is 84.4 Å². The van der Waals surface area contributed by atoms with E-state index in [-0.39, 0.29) is 12.5 Å². The molecule has 0 aliphatic carbocycles. The second-order valence-corrected chi connectivity index (χ2v) is 4.74. The number of aliphatic hydroxyl groups excluding tert-OH is 1. The van der Waals surface area contributed by atoms with Crippen LogP contribution in [0.5, 0.6) is 0 Å². The normalized spacial score (nSPS) is 12.2. The van der Waals surface area contributed by atoms with Gasteiger partial charge in [-0.2, -0.15) is 5.10 Å². The standard InChI is InChI=1S/C14H18N4O2/c1-10(19)9-17(2)14(20)12-7-8-18(16-12)13-6-4-3-5-11(13)15/h3-8,10,19H,9,15H2,1-2H3. The van der Waals surface area contributed by atoms with Crippen LogP contribution in [0.3, 0.4) is 0 Å². The van der Waals surface area contributed by atoms with Crippen LogP contribution in [0.2, 0.25) is 0 Å². The van der Waals surface area contributed by atoms with Gasteiger partial charge < -0.3 is 15.7 Å². The summed E-state index contributed by atoms with van der Waals surface area (Å²) >= 11 is 0. The maximum Gasteiger partial charge on any atom is 0.274 e. The number of aliphatic hydroxyl groups is 1. The van der Waals surface area contributed by atoms with Gasteiger partial charge in [-0.3, -0.25) is 4.79 Å². The van der Waals surface area contributed by atoms with Crippen LogP contribution in [0.25, 0.3) is 5.69 Å². The molecule has 1 heterocycles. The fourth-order valence-corrected chi connectivity index (χ4v) is 1.94. The summed E-state index contributed by atoms with van der Waals surface area (Å²) in [4.78, 5) is 13.6. The monoisotopic (exact) mass is 274 g/mol. The Labute approximate surface area is 117 Å². The van der Waals surface area contributed by atoms with Crippen molar-refractivity contribution in [2.45, 2.75) is 13.0 Å². The fourth-order valence-electron chi connectivity index (χ4n) is 1.94. The zero-order valence-electron chi connectivity index (χ0n) is 11.5. The summed E-state index contributed by atoms with van der Waals surface area (Å²) in [6, 6.07) is 8.93. The van der Waals surface area contributed by atoms with E-state index in [9.17, 15) is 9.90 Å². The van der Waals surface area contributed by atoms with E-state index in [0.29, 0.717) is 11.4 Å². The largest absolute Gasteiger partial charge is 0.397 e. The average Bonchev–Trinajstić information content (AvgIpc) is 2.87. The maximum atomic E-state index is 12.1. The average molecular weight is 274 g/mol. The van der Waals surface area contributed by atoms with Crippen LogP contribution in [0, 0.1) is 0 Å². The van der Waals surface area contributed by atoms with Crippen molar-refractivity contribution in [2.24, 2.45) is 0 Å². The third kappa shape index (κ3) is 2.97. The van der Waals surface area contributed by atoms with E-state index in [1.54, 1.807) is 37.0 Å². The minimum Gasteiger partial charge on any atom is -0.397 e. The molecule has 0 aliphatic heterocycles. The van der Waals surface area contributed by atoms with Crippen LogP contribution in [0.1, 0.15) is 17.4 Å². The molecule has 1 aromatic heterocycles. The Kier molecular flexibility index (Phi) is 4.05. The molecule has 0 saturated heterocycles. The van der Waals surface area contributed by atoms with E-state index in [2.05, 4.69) is 5.10 Å². The molecule has 6 nitrogen and oxygen atoms in total. The highest BCUT2D eigenvalue weighted by Crippen LogP contribution is 2.16. The first-order valence-electron chi connectivity index (χ1n) is 6.33. The Balaban J connectivity index is 2.21. The molecule has 20 heavy (non-hydrogen) atoms. The quantitative estimate of drug-likeness (QED) is 0.812. The molecule has 0 aliphatic rings. The summed E-state index contributed by atoms with van der Waals surface area (Å²) in [5.41, 5.74) is 7.51. The molecular weight excluding hydrogens is 256 g/mol. The van der Waals surface area contributed by atoms with Crippen LogP contribution in [-0.4, -0.2) is 45.4 Å². The number of carbonyl (C=O) groups is 1. The van der Waals surface area contributed by atoms with Crippen LogP contribution in [-0.2, 0) is 0 Å². The van der Waals surface area contributed by atoms with Gasteiger partial charge >= 0.3 is 0 Å². The van der Waals surface area contributed by atoms with Crippen LogP contribution >= 0.6 is 0 Å². The number of benzene rings is 1. The Morgan fingerprint density at radius 3 is 2.80 bits per heavy atom. The van der Waals surface area contributed by atoms with E-state index < -0.39 is 6.10 Å². The van der Waals surface area contributed by atoms with Gasteiger partial charge in [-0.15, -0.1) is 0 Å². The molecule has 1 aromatic carbocycles. The number of hydrogen-bond acceptors (Lipinski definition) is 4. The van der Waals surface area contributed by atoms with Crippen LogP contribution in [0.4, 0.5) is 5.69 Å². The van der Waals surface area contributed by atoms with Gasteiger partial charge in [0, 0.05) is 19.8 Å². The van der Waals surface area contributed by atoms with E-state index in [1.807, 2.05) is 18.2 Å². The SMILES string of the molecule is CC(O)CN(C)C(=O)c1ccn(-c2ccccc2N)n1. The van der Waals surface area contributed by atoms with Crippen molar-refractivity contribution in [1.82, 2.24) is 14.7 Å². The summed E-state index contributed by atoms with van der Waals surface area (Å²) in [7, 11) is 1.63. The van der Waals surface area contributed by atoms with E-state index in [1.165, 1.54) is 4.90 Å². The summed E-state index contributed by atoms with van der Waals surface area (Å²) < 4.78 is 1.57. The summed E-state index contributed by atoms with van der Waals surface area (Å²) in [6.07, 6.45) is 1.12. The predicted octanol–water partition coefficient (Wildman–Crippen LogP) is 0.907. The molecule has 3 N–H and O–H groups in total. The van der Waals surface area contributed by atoms with Gasteiger partial charge in [-0.05, 0) is 25.1 Å². The number of anilines is 1. The third-order valence-corrected chi connectivity index (χ3v) is 2.88. The first-order valence-corrected chi connectivity index (χ1v) is 6.33. The highest BCUT2D eigenvalue weighted by Gasteiger charge is 2.16. The van der Waals surface area contributed by atoms with Gasteiger partial charge in [0.2, 0.25) is 0 Å². The minimum absolute atomic E-state index is 0.237. The fraction of sp³-hybridized carbons (Fsp3) is 0.286. The lowest BCUT2D eigenvalue weighted by molar-refractivity contribution is 0.0697. The summed E-state index contributed by atoms with van der Waals surface area (Å²) in [5, 5.41) is 13.5. The molecule has 2 aromatic rings. The van der Waals surface area contributed by atoms with E-state index in [4.69, 9.17) is 5.73 Å². The lowest BCUT2D eigenvalue weighted by Crippen LogP contribution is -2.33. The number of likely N-dealkylation sites (N-methyl/N-ethyl adjacent to an activating group) is 1. The third-order valence-electron chi connectivity index (χ3n) is 2.88. The molecule has 0 radical (unpaired) electrons. The summed E-state index contributed by atoms with van der Waals surface area (Å²) in [6.45, 7) is 1.90. The van der Waals surface area contributed by atoms with E-state index in [0.717, 1.165) is 5.69 Å². The van der Waals surface area contributed by atoms with Crippen molar-refractivity contribution in [3.05, 3.63) is 42.2 Å². The van der Waals surface area contributed by atoms with Gasteiger partial charge in [0.1, 0.15) is 0 Å². The maximum absolute atomic E-state index is 12.1. The molecule has 2 rings (SSSR count). The number of carbonyl (C=O) groups excluding carboxylic acids is 1. The zero-order chi connectivity index (χ0) is 14.7. The van der Waals surface area contributed by atoms with Crippen molar-refractivity contribution in [3.63, 3.8) is 0 Å². The number of nitrogens with zero attached hydrogens (tertiary/aromatic N) is 3. The molecule has 0 spiro atoms. The molecule has 6 heteroatoms. The lowest BCUT2D eigenvalue weighted by atomic mass is 10.3. The number of amides is 1. The van der Waals surface area contributed by atoms with Crippen molar-refractivity contribution in [2.75, 3.05) is 19.3 Å². The highest BCUT2D eigenvalue weighted by molar-refractivity contribution is 5.92. The molecular formula is C14H18N4O2. The minimum atomic E-state index is -0.573. The number of aromatic nitrogens is 2. The highest BCUT2D eigenvalue weighted by atomic mass is 16.3. The van der Waals surface area contributed by atoms with Gasteiger partial charge in [0.05, 0.1) is 17.5 Å². The first kappa shape index (κ1) is 14.1. The predicted molar refractivity (Wildman–Crippen MR) is 76.6 cm³/mol. The number of hydrogen-bond donors (Lipinski definition) is 2. The molecule has 1 amide bonds. The molecule has 1 atom stereocenters. The smallest absolute Gasteiger partial charge is 0.274 e. The van der Waals surface area contributed by atoms with Crippen LogP contribution in [0.15, 0.2) is 36.5 Å². The second-order valence-electron chi connectivity index (χ2n) is 4.74. The number of rotatable bonds is 4. The molecule has 0 saturated carbocycles. The Bertz CT molecular complexity index is 607. The number of nitrogen functional groups attached to an aromatic ring is 1. The van der Waals surface area contributed by atoms with Gasteiger partial charge in [-0.1, -0.05) is 12.1 Å². The number of nitrogens with two attached hydrogens (primary N) is 1. The van der Waals surface area contributed by atoms with Crippen molar-refractivity contribution in [3.8, 4) is 5.69 Å². The van der Waals surface area contributed by atoms with Crippen molar-refractivity contribution >= 4 is 11.6 Å². The van der Waals surface area contributed by atoms with Gasteiger partial charge in [-0.25, -0.2) is 4.68 Å². The second kappa shape index (κ2) is 5.75. The van der Waals surface area contributed by atoms with Gasteiger partial charge in [0.25, 0.3) is 5.91 Å². The Hall–Kier alpha value is -2.34. The summed E-state index contributed by atoms with van der Waals surface area (Å²) in [5.74, 6) is -0.237. The molecule has 0 bridgehead atoms.